The Kier molecular flexibility index (Phi) is 12.7. The van der Waals surface area contributed by atoms with Gasteiger partial charge in [0.15, 0.2) is 6.29 Å². The molecule has 0 aromatic heterocycles. The van der Waals surface area contributed by atoms with Crippen LogP contribution in [0.2, 0.25) is 0 Å². The van der Waals surface area contributed by atoms with Crippen LogP contribution in [0.5, 0.6) is 0 Å². The molecular formula is C34H49NO5S. The lowest BCUT2D eigenvalue weighted by atomic mass is 9.85. The molecule has 0 aliphatic heterocycles. The molecule has 1 N–H and O–H groups in total. The van der Waals surface area contributed by atoms with Crippen molar-refractivity contribution in [1.82, 2.24) is 5.32 Å². The van der Waals surface area contributed by atoms with E-state index in [4.69, 9.17) is 14.2 Å². The monoisotopic (exact) mass is 583 g/mol. The number of hydrogen-bond acceptors (Lipinski definition) is 6. The van der Waals surface area contributed by atoms with Crippen molar-refractivity contribution in [2.75, 3.05) is 19.1 Å². The number of hydrogen-bond donors (Lipinski definition) is 1. The lowest BCUT2D eigenvalue weighted by molar-refractivity contribution is -0.220. The van der Waals surface area contributed by atoms with Crippen LogP contribution in [0.4, 0.5) is 0 Å². The van der Waals surface area contributed by atoms with Gasteiger partial charge in [0.05, 0.1) is 18.8 Å². The largest absolute Gasteiger partial charge is 0.467 e. The predicted octanol–water partition coefficient (Wildman–Crippen LogP) is 7.88. The summed E-state index contributed by atoms with van der Waals surface area (Å²) in [5.74, 6) is 0.661. The van der Waals surface area contributed by atoms with Crippen LogP contribution in [0.1, 0.15) is 100 Å². The molecule has 1 fully saturated rings. The zero-order valence-electron chi connectivity index (χ0n) is 26.0. The first kappa shape index (κ1) is 33.2. The number of carbonyl (C=O) groups is 2. The number of thioether (sulfide) groups is 1. The van der Waals surface area contributed by atoms with E-state index in [1.807, 2.05) is 76.4 Å². The van der Waals surface area contributed by atoms with Gasteiger partial charge in [0, 0.05) is 11.1 Å². The average Bonchev–Trinajstić information content (AvgIpc) is 2.94. The van der Waals surface area contributed by atoms with Crippen LogP contribution in [0.15, 0.2) is 42.5 Å². The summed E-state index contributed by atoms with van der Waals surface area (Å²) in [6.45, 7) is 10.3. The molecule has 1 amide bonds. The summed E-state index contributed by atoms with van der Waals surface area (Å²) in [4.78, 5) is 26.1. The van der Waals surface area contributed by atoms with E-state index in [9.17, 15) is 9.59 Å². The predicted molar refractivity (Wildman–Crippen MR) is 168 cm³/mol. The molecule has 1 unspecified atom stereocenters. The van der Waals surface area contributed by atoms with Gasteiger partial charge in [0.2, 0.25) is 0 Å². The third-order valence-electron chi connectivity index (χ3n) is 7.60. The molecule has 2 aromatic rings. The molecular weight excluding hydrogens is 534 g/mol. The molecule has 0 saturated heterocycles. The second kappa shape index (κ2) is 15.8. The smallest absolute Gasteiger partial charge is 0.328 e. The van der Waals surface area contributed by atoms with E-state index in [-0.39, 0.29) is 12.0 Å². The Balaban J connectivity index is 1.98. The molecule has 7 heteroatoms. The van der Waals surface area contributed by atoms with Gasteiger partial charge in [-0.15, -0.1) is 0 Å². The maximum atomic E-state index is 13.7. The van der Waals surface area contributed by atoms with Crippen LogP contribution in [0, 0.1) is 12.8 Å². The van der Waals surface area contributed by atoms with E-state index in [0.29, 0.717) is 17.9 Å². The Bertz CT molecular complexity index is 1140. The van der Waals surface area contributed by atoms with E-state index in [2.05, 4.69) is 12.2 Å². The summed E-state index contributed by atoms with van der Waals surface area (Å²) in [6, 6.07) is 13.0. The SMILES string of the molecule is COC(=O)[C@H](CCSC)NC(=O)c1ccc([C@@H](OC(C)CC2CCCCC2)OC(C)(C)C)cc1-c1ccccc1C. The lowest BCUT2D eigenvalue weighted by Gasteiger charge is -2.32. The zero-order valence-corrected chi connectivity index (χ0v) is 26.8. The summed E-state index contributed by atoms with van der Waals surface area (Å²) in [5.41, 5.74) is 3.69. The first-order chi connectivity index (χ1) is 19.5. The fourth-order valence-electron chi connectivity index (χ4n) is 5.52. The van der Waals surface area contributed by atoms with Gasteiger partial charge >= 0.3 is 5.97 Å². The van der Waals surface area contributed by atoms with Crippen molar-refractivity contribution in [3.8, 4) is 11.1 Å². The molecule has 0 bridgehead atoms. The van der Waals surface area contributed by atoms with Crippen LogP contribution in [-0.2, 0) is 19.0 Å². The molecule has 2 aromatic carbocycles. The fourth-order valence-corrected chi connectivity index (χ4v) is 5.99. The normalized spacial score (nSPS) is 16.6. The molecule has 0 heterocycles. The second-order valence-electron chi connectivity index (χ2n) is 12.2. The number of aryl methyl sites for hydroxylation is 1. The molecule has 3 rings (SSSR count). The molecule has 0 radical (unpaired) electrons. The van der Waals surface area contributed by atoms with Crippen LogP contribution >= 0.6 is 11.8 Å². The van der Waals surface area contributed by atoms with Gasteiger partial charge in [-0.05, 0) is 94.2 Å². The number of esters is 1. The minimum absolute atomic E-state index is 0.0348. The summed E-state index contributed by atoms with van der Waals surface area (Å²) in [6.07, 6.45) is 9.40. The molecule has 226 valence electrons. The highest BCUT2D eigenvalue weighted by Crippen LogP contribution is 2.35. The Morgan fingerprint density at radius 1 is 1.05 bits per heavy atom. The Hall–Kier alpha value is -2.35. The van der Waals surface area contributed by atoms with Crippen molar-refractivity contribution in [2.45, 2.75) is 104 Å². The van der Waals surface area contributed by atoms with Crippen molar-refractivity contribution in [2.24, 2.45) is 5.92 Å². The Labute approximate surface area is 251 Å². The van der Waals surface area contributed by atoms with E-state index in [1.54, 1.807) is 11.8 Å². The first-order valence-electron chi connectivity index (χ1n) is 14.9. The maximum absolute atomic E-state index is 13.7. The van der Waals surface area contributed by atoms with Gasteiger partial charge in [-0.2, -0.15) is 11.8 Å². The second-order valence-corrected chi connectivity index (χ2v) is 13.2. The number of rotatable bonds is 13. The molecule has 3 atom stereocenters. The summed E-state index contributed by atoms with van der Waals surface area (Å²) in [7, 11) is 1.35. The number of carbonyl (C=O) groups excluding carboxylic acids is 2. The summed E-state index contributed by atoms with van der Waals surface area (Å²) < 4.78 is 18.1. The molecule has 1 aliphatic carbocycles. The Morgan fingerprint density at radius 2 is 1.76 bits per heavy atom. The minimum atomic E-state index is -0.717. The van der Waals surface area contributed by atoms with Gasteiger partial charge in [-0.25, -0.2) is 4.79 Å². The minimum Gasteiger partial charge on any atom is -0.467 e. The highest BCUT2D eigenvalue weighted by molar-refractivity contribution is 7.98. The lowest BCUT2D eigenvalue weighted by Crippen LogP contribution is -2.42. The fraction of sp³-hybridized carbons (Fsp3) is 0.588. The third kappa shape index (κ3) is 10.2. The van der Waals surface area contributed by atoms with E-state index in [1.165, 1.54) is 39.2 Å². The van der Waals surface area contributed by atoms with Crippen LogP contribution in [0.25, 0.3) is 11.1 Å². The van der Waals surface area contributed by atoms with Crippen LogP contribution in [-0.4, -0.2) is 48.7 Å². The van der Waals surface area contributed by atoms with Gasteiger partial charge in [0.25, 0.3) is 5.91 Å². The van der Waals surface area contributed by atoms with Crippen LogP contribution in [0.3, 0.4) is 0 Å². The standard InChI is InChI=1S/C34H49NO5S/c1-23-13-11-12-16-27(23)29-22-26(17-18-28(29)31(36)35-30(19-20-41-7)32(37)38-6)33(40-34(3,4)5)39-24(2)21-25-14-9-8-10-15-25/h11-13,16-18,22,24-25,30,33H,8-10,14-15,19-21H2,1-7H3,(H,35,36)/t24?,30-,33-/m0/s1. The highest BCUT2D eigenvalue weighted by Gasteiger charge is 2.28. The van der Waals surface area contributed by atoms with Crippen molar-refractivity contribution in [3.05, 3.63) is 59.2 Å². The van der Waals surface area contributed by atoms with Crippen molar-refractivity contribution in [3.63, 3.8) is 0 Å². The number of nitrogens with one attached hydrogen (secondary N) is 1. The number of amides is 1. The molecule has 6 nitrogen and oxygen atoms in total. The topological polar surface area (TPSA) is 73.9 Å². The summed E-state index contributed by atoms with van der Waals surface area (Å²) in [5, 5.41) is 2.92. The van der Waals surface area contributed by atoms with Crippen molar-refractivity contribution >= 4 is 23.6 Å². The Morgan fingerprint density at radius 3 is 2.39 bits per heavy atom. The molecule has 1 aliphatic rings. The maximum Gasteiger partial charge on any atom is 0.328 e. The zero-order chi connectivity index (χ0) is 30.0. The van der Waals surface area contributed by atoms with Crippen molar-refractivity contribution in [1.29, 1.82) is 0 Å². The summed E-state index contributed by atoms with van der Waals surface area (Å²) >= 11 is 1.62. The molecule has 1 saturated carbocycles. The number of ether oxygens (including phenoxy) is 3. The molecule has 0 spiro atoms. The molecule has 41 heavy (non-hydrogen) atoms. The van der Waals surface area contributed by atoms with Crippen molar-refractivity contribution < 1.29 is 23.8 Å². The quantitative estimate of drug-likeness (QED) is 0.191. The average molecular weight is 584 g/mol. The highest BCUT2D eigenvalue weighted by atomic mass is 32.2. The number of methoxy groups -OCH3 is 1. The van der Waals surface area contributed by atoms with E-state index in [0.717, 1.165) is 34.4 Å². The first-order valence-corrected chi connectivity index (χ1v) is 16.3. The van der Waals surface area contributed by atoms with Gasteiger partial charge in [-0.1, -0.05) is 62.4 Å². The number of benzene rings is 2. The van der Waals surface area contributed by atoms with Gasteiger partial charge in [0.1, 0.15) is 6.04 Å². The van der Waals surface area contributed by atoms with Crippen LogP contribution < -0.4 is 5.32 Å². The van der Waals surface area contributed by atoms with Gasteiger partial charge < -0.3 is 19.5 Å². The van der Waals surface area contributed by atoms with E-state index < -0.39 is 23.9 Å². The van der Waals surface area contributed by atoms with E-state index >= 15 is 0 Å². The van der Waals surface area contributed by atoms with Gasteiger partial charge in [-0.3, -0.25) is 4.79 Å². The third-order valence-corrected chi connectivity index (χ3v) is 8.25.